The van der Waals surface area contributed by atoms with Crippen molar-refractivity contribution in [3.05, 3.63) is 0 Å². The summed E-state index contributed by atoms with van der Waals surface area (Å²) in [6, 6.07) is 0. The third-order valence-corrected chi connectivity index (χ3v) is 10.4. The summed E-state index contributed by atoms with van der Waals surface area (Å²) < 4.78 is 0. The Hall–Kier alpha value is 0.0649. The summed E-state index contributed by atoms with van der Waals surface area (Å²) in [4.78, 5) is 0. The molecule has 0 amide bonds. The molecule has 0 aliphatic heterocycles. The smallest absolute Gasteiger partial charge is 0.0737 e. The van der Waals surface area contributed by atoms with Gasteiger partial charge in [0.2, 0.25) is 0 Å². The Kier molecular flexibility index (Phi) is 28.1. The summed E-state index contributed by atoms with van der Waals surface area (Å²) in [5.41, 5.74) is 0. The first-order valence-corrected chi connectivity index (χ1v) is 19.3. The van der Waals surface area contributed by atoms with E-state index in [0.717, 1.165) is 18.3 Å². The van der Waals surface area contributed by atoms with Crippen molar-refractivity contribution >= 4 is 6.71 Å². The van der Waals surface area contributed by atoms with Crippen LogP contribution in [0, 0.1) is 0 Å². The SMILES string of the molecule is CCCCCCCCCCCCCCCCCCB(C(C)CCCCCCCCCC)C1CCCCCCC1. The van der Waals surface area contributed by atoms with E-state index < -0.39 is 0 Å². The van der Waals surface area contributed by atoms with Crippen molar-refractivity contribution in [2.75, 3.05) is 0 Å². The number of hydrogen-bond acceptors (Lipinski definition) is 0. The molecule has 0 N–H and O–H groups in total. The van der Waals surface area contributed by atoms with Crippen LogP contribution < -0.4 is 0 Å². The molecule has 1 heteroatoms. The van der Waals surface area contributed by atoms with Gasteiger partial charge in [0.25, 0.3) is 0 Å². The normalized spacial score (nSPS) is 15.8. The molecule has 0 aromatic rings. The van der Waals surface area contributed by atoms with Crippen molar-refractivity contribution in [1.29, 1.82) is 0 Å². The molecule has 1 aliphatic rings. The molecule has 1 fully saturated rings. The van der Waals surface area contributed by atoms with Gasteiger partial charge in [-0.25, -0.2) is 0 Å². The molecule has 0 heterocycles. The second kappa shape index (κ2) is 29.6. The van der Waals surface area contributed by atoms with E-state index in [0.29, 0.717) is 0 Å². The van der Waals surface area contributed by atoms with E-state index in [1.165, 1.54) is 193 Å². The van der Waals surface area contributed by atoms with E-state index in [9.17, 15) is 0 Å². The first kappa shape index (κ1) is 37.1. The van der Waals surface area contributed by atoms with E-state index in [4.69, 9.17) is 0 Å². The Balaban J connectivity index is 2.14. The lowest BCUT2D eigenvalue weighted by Crippen LogP contribution is -2.26. The van der Waals surface area contributed by atoms with Gasteiger partial charge in [0.15, 0.2) is 0 Å². The van der Waals surface area contributed by atoms with Crippen molar-refractivity contribution in [3.8, 4) is 0 Å². The van der Waals surface area contributed by atoms with Crippen LogP contribution in [0.2, 0.25) is 18.0 Å². The quantitative estimate of drug-likeness (QED) is 0.0678. The lowest BCUT2D eigenvalue weighted by Gasteiger charge is -2.31. The lowest BCUT2D eigenvalue weighted by molar-refractivity contribution is 0.489. The molecular formula is C38H77B. The van der Waals surface area contributed by atoms with Crippen LogP contribution >= 0.6 is 0 Å². The van der Waals surface area contributed by atoms with Crippen molar-refractivity contribution in [2.45, 2.75) is 244 Å². The summed E-state index contributed by atoms with van der Waals surface area (Å²) in [7, 11) is 0. The highest BCUT2D eigenvalue weighted by Crippen LogP contribution is 2.38. The molecule has 1 rings (SSSR count). The van der Waals surface area contributed by atoms with Gasteiger partial charge < -0.3 is 0 Å². The topological polar surface area (TPSA) is 0 Å². The summed E-state index contributed by atoms with van der Waals surface area (Å²) in [5.74, 6) is 2.01. The Labute approximate surface area is 250 Å². The molecule has 0 spiro atoms. The minimum atomic E-state index is 0.964. The molecule has 0 radical (unpaired) electrons. The van der Waals surface area contributed by atoms with Gasteiger partial charge in [-0.2, -0.15) is 0 Å². The molecule has 0 bridgehead atoms. The van der Waals surface area contributed by atoms with Crippen LogP contribution in [0.15, 0.2) is 0 Å². The third kappa shape index (κ3) is 23.3. The Morgan fingerprint density at radius 3 is 1.18 bits per heavy atom. The van der Waals surface area contributed by atoms with Crippen molar-refractivity contribution in [2.24, 2.45) is 0 Å². The van der Waals surface area contributed by atoms with Gasteiger partial charge in [0.05, 0.1) is 0 Å². The van der Waals surface area contributed by atoms with Gasteiger partial charge in [-0.15, -0.1) is 0 Å². The molecule has 1 saturated carbocycles. The predicted octanol–water partition coefficient (Wildman–Crippen LogP) is 14.8. The van der Waals surface area contributed by atoms with Crippen LogP contribution in [0.25, 0.3) is 0 Å². The van der Waals surface area contributed by atoms with E-state index >= 15 is 0 Å². The minimum absolute atomic E-state index is 0.964. The third-order valence-electron chi connectivity index (χ3n) is 10.4. The second-order valence-electron chi connectivity index (χ2n) is 14.1. The molecular weight excluding hydrogens is 467 g/mol. The highest BCUT2D eigenvalue weighted by Gasteiger charge is 2.29. The van der Waals surface area contributed by atoms with Gasteiger partial charge in [0.1, 0.15) is 6.71 Å². The Bertz CT molecular complexity index is 452. The zero-order valence-electron chi connectivity index (χ0n) is 28.1. The van der Waals surface area contributed by atoms with E-state index in [1.54, 1.807) is 19.2 Å². The first-order valence-electron chi connectivity index (χ1n) is 19.3. The van der Waals surface area contributed by atoms with Crippen LogP contribution in [0.5, 0.6) is 0 Å². The average molecular weight is 545 g/mol. The summed E-state index contributed by atoms with van der Waals surface area (Å²) in [6.07, 6.45) is 49.2. The minimum Gasteiger partial charge on any atom is -0.0737 e. The van der Waals surface area contributed by atoms with E-state index in [-0.39, 0.29) is 0 Å². The molecule has 1 atom stereocenters. The molecule has 0 nitrogen and oxygen atoms in total. The standard InChI is InChI=1S/C38H77B/c1-4-6-8-10-12-14-15-16-17-18-19-20-21-23-28-32-36-39(38-34-30-26-24-27-31-35-38)37(3)33-29-25-22-13-11-9-7-5-2/h37-38H,4-36H2,1-3H3. The van der Waals surface area contributed by atoms with Gasteiger partial charge in [-0.1, -0.05) is 244 Å². The zero-order chi connectivity index (χ0) is 28.1. The Morgan fingerprint density at radius 1 is 0.436 bits per heavy atom. The highest BCUT2D eigenvalue weighted by molar-refractivity contribution is 6.62. The zero-order valence-corrected chi connectivity index (χ0v) is 28.1. The summed E-state index contributed by atoms with van der Waals surface area (Å²) in [5, 5.41) is 0. The summed E-state index contributed by atoms with van der Waals surface area (Å²) in [6.45, 7) is 8.32. The molecule has 232 valence electrons. The molecule has 39 heavy (non-hydrogen) atoms. The van der Waals surface area contributed by atoms with Crippen LogP contribution in [0.3, 0.4) is 0 Å². The maximum absolute atomic E-state index is 2.65. The fraction of sp³-hybridized carbons (Fsp3) is 1.00. The van der Waals surface area contributed by atoms with Crippen molar-refractivity contribution in [1.82, 2.24) is 0 Å². The van der Waals surface area contributed by atoms with Crippen LogP contribution in [0.1, 0.15) is 226 Å². The number of hydrogen-bond donors (Lipinski definition) is 0. The molecule has 0 aromatic carbocycles. The monoisotopic (exact) mass is 545 g/mol. The molecule has 1 aliphatic carbocycles. The maximum Gasteiger partial charge on any atom is 0.146 e. The van der Waals surface area contributed by atoms with Crippen molar-refractivity contribution < 1.29 is 0 Å². The van der Waals surface area contributed by atoms with Crippen molar-refractivity contribution in [3.63, 3.8) is 0 Å². The van der Waals surface area contributed by atoms with Gasteiger partial charge in [-0.05, 0) is 0 Å². The fourth-order valence-electron chi connectivity index (χ4n) is 7.64. The second-order valence-corrected chi connectivity index (χ2v) is 14.1. The molecule has 1 unspecified atom stereocenters. The Morgan fingerprint density at radius 2 is 0.769 bits per heavy atom. The van der Waals surface area contributed by atoms with Gasteiger partial charge in [-0.3, -0.25) is 0 Å². The van der Waals surface area contributed by atoms with E-state index in [1.807, 2.05) is 0 Å². The summed E-state index contributed by atoms with van der Waals surface area (Å²) >= 11 is 0. The van der Waals surface area contributed by atoms with Crippen LogP contribution in [-0.2, 0) is 0 Å². The molecule has 0 aromatic heterocycles. The predicted molar refractivity (Wildman–Crippen MR) is 183 cm³/mol. The van der Waals surface area contributed by atoms with Gasteiger partial charge in [0, 0.05) is 0 Å². The number of unbranched alkanes of at least 4 members (excludes halogenated alkanes) is 22. The molecule has 0 saturated heterocycles. The van der Waals surface area contributed by atoms with E-state index in [2.05, 4.69) is 20.8 Å². The van der Waals surface area contributed by atoms with Crippen LogP contribution in [-0.4, -0.2) is 6.71 Å². The maximum atomic E-state index is 2.65. The average Bonchev–Trinajstić information content (AvgIpc) is 2.92. The first-order chi connectivity index (χ1) is 19.3. The largest absolute Gasteiger partial charge is 0.146 e. The highest BCUT2D eigenvalue weighted by atomic mass is 14.2. The van der Waals surface area contributed by atoms with Crippen LogP contribution in [0.4, 0.5) is 0 Å². The lowest BCUT2D eigenvalue weighted by atomic mass is 9.30. The fourth-order valence-corrected chi connectivity index (χ4v) is 7.64. The number of rotatable bonds is 28. The van der Waals surface area contributed by atoms with Gasteiger partial charge >= 0.3 is 0 Å².